The van der Waals surface area contributed by atoms with Crippen LogP contribution in [0, 0.1) is 0 Å². The quantitative estimate of drug-likeness (QED) is 0.634. The number of ether oxygens (including phenoxy) is 3. The van der Waals surface area contributed by atoms with E-state index < -0.39 is 0 Å². The maximum atomic E-state index is 13.3. The summed E-state index contributed by atoms with van der Waals surface area (Å²) in [6, 6.07) is 12.2. The second-order valence-corrected chi connectivity index (χ2v) is 8.47. The topological polar surface area (TPSA) is 80.9 Å². The van der Waals surface area contributed by atoms with Gasteiger partial charge in [0.1, 0.15) is 13.2 Å². The Kier molecular flexibility index (Phi) is 5.76. The van der Waals surface area contributed by atoms with E-state index in [-0.39, 0.29) is 24.1 Å². The van der Waals surface area contributed by atoms with Crippen molar-refractivity contribution in [1.29, 1.82) is 0 Å². The lowest BCUT2D eigenvalue weighted by molar-refractivity contribution is 0.0506. The molecule has 1 atom stereocenters. The Morgan fingerprint density at radius 2 is 1.81 bits per heavy atom. The van der Waals surface area contributed by atoms with E-state index in [1.807, 2.05) is 12.1 Å². The predicted octanol–water partition coefficient (Wildman–Crippen LogP) is 3.77. The van der Waals surface area contributed by atoms with Gasteiger partial charge in [-0.15, -0.1) is 0 Å². The van der Waals surface area contributed by atoms with Crippen LogP contribution in [0.2, 0.25) is 5.02 Å². The Bertz CT molecular complexity index is 1200. The van der Waals surface area contributed by atoms with Gasteiger partial charge in [0.2, 0.25) is 0 Å². The highest BCUT2D eigenvalue weighted by Crippen LogP contribution is 2.33. The summed E-state index contributed by atoms with van der Waals surface area (Å²) in [5.74, 6) is 1.10. The molecular formula is C24H23ClN2O5. The maximum Gasteiger partial charge on any atom is 0.254 e. The summed E-state index contributed by atoms with van der Waals surface area (Å²) in [6.45, 7) is 2.24. The van der Waals surface area contributed by atoms with E-state index in [1.165, 1.54) is 0 Å². The molecule has 0 unspecified atom stereocenters. The van der Waals surface area contributed by atoms with Gasteiger partial charge in [-0.05, 0) is 49.2 Å². The summed E-state index contributed by atoms with van der Waals surface area (Å²) in [6.07, 6.45) is 1.82. The first-order valence-electron chi connectivity index (χ1n) is 10.7. The zero-order valence-corrected chi connectivity index (χ0v) is 18.2. The van der Waals surface area contributed by atoms with Crippen LogP contribution in [0.25, 0.3) is 10.9 Å². The lowest BCUT2D eigenvalue weighted by Gasteiger charge is -2.26. The smallest absolute Gasteiger partial charge is 0.254 e. The molecule has 1 fully saturated rings. The molecule has 7 nitrogen and oxygen atoms in total. The highest BCUT2D eigenvalue weighted by molar-refractivity contribution is 6.30. The number of carbonyl (C=O) groups excluding carboxylic acids is 1. The molecule has 32 heavy (non-hydrogen) atoms. The second kappa shape index (κ2) is 8.84. The predicted molar refractivity (Wildman–Crippen MR) is 121 cm³/mol. The van der Waals surface area contributed by atoms with Crippen LogP contribution in [-0.4, -0.2) is 48.3 Å². The van der Waals surface area contributed by atoms with Gasteiger partial charge >= 0.3 is 0 Å². The fraction of sp³-hybridized carbons (Fsp3) is 0.333. The van der Waals surface area contributed by atoms with Crippen molar-refractivity contribution >= 4 is 28.4 Å². The summed E-state index contributed by atoms with van der Waals surface area (Å²) >= 11 is 5.98. The molecule has 0 spiro atoms. The number of rotatable bonds is 5. The third-order valence-corrected chi connectivity index (χ3v) is 6.02. The van der Waals surface area contributed by atoms with Crippen LogP contribution in [0.5, 0.6) is 11.5 Å². The van der Waals surface area contributed by atoms with Crippen LogP contribution in [0.15, 0.2) is 47.3 Å². The molecule has 2 aliphatic rings. The SMILES string of the molecule is O=C(c1ccc(Cl)cc1)N(Cc1cc2cc3c(cc2[nH]c1=O)OCCO3)C[C@H]1CCCO1. The van der Waals surface area contributed by atoms with Crippen LogP contribution in [-0.2, 0) is 11.3 Å². The number of benzene rings is 2. The van der Waals surface area contributed by atoms with E-state index in [4.69, 9.17) is 25.8 Å². The number of nitrogens with zero attached hydrogens (tertiary/aromatic N) is 1. The molecule has 3 aromatic rings. The van der Waals surface area contributed by atoms with Crippen molar-refractivity contribution in [3.05, 3.63) is 69.0 Å². The number of fused-ring (bicyclic) bond motifs is 2. The number of hydrogen-bond donors (Lipinski definition) is 1. The van der Waals surface area contributed by atoms with Crippen LogP contribution in [0.3, 0.4) is 0 Å². The number of nitrogens with one attached hydrogen (secondary N) is 1. The molecule has 2 aliphatic heterocycles. The van der Waals surface area contributed by atoms with E-state index >= 15 is 0 Å². The van der Waals surface area contributed by atoms with Crippen molar-refractivity contribution in [2.45, 2.75) is 25.5 Å². The molecule has 2 aromatic carbocycles. The third kappa shape index (κ3) is 4.31. The lowest BCUT2D eigenvalue weighted by atomic mass is 10.1. The van der Waals surface area contributed by atoms with Crippen LogP contribution in [0.4, 0.5) is 0 Å². The minimum Gasteiger partial charge on any atom is -0.486 e. The first kappa shape index (κ1) is 20.8. The Morgan fingerprint density at radius 3 is 2.53 bits per heavy atom. The number of aromatic nitrogens is 1. The number of H-pyrrole nitrogens is 1. The molecule has 0 radical (unpaired) electrons. The number of aromatic amines is 1. The molecule has 1 N–H and O–H groups in total. The molecule has 1 saturated heterocycles. The molecule has 0 bridgehead atoms. The van der Waals surface area contributed by atoms with Crippen molar-refractivity contribution in [2.24, 2.45) is 0 Å². The standard InChI is InChI=1S/C24H23ClN2O5/c25-18-5-3-15(4-6-18)24(29)27(14-19-2-1-7-30-19)13-17-10-16-11-21-22(32-9-8-31-21)12-20(16)26-23(17)28/h3-6,10-12,19H,1-2,7-9,13-14H2,(H,26,28)/t19-/m1/s1. The maximum absolute atomic E-state index is 13.3. The van der Waals surface area contributed by atoms with Gasteiger partial charge in [0.25, 0.3) is 11.5 Å². The van der Waals surface area contributed by atoms with Gasteiger partial charge < -0.3 is 24.1 Å². The van der Waals surface area contributed by atoms with Gasteiger partial charge in [-0.25, -0.2) is 0 Å². The Morgan fingerprint density at radius 1 is 1.06 bits per heavy atom. The first-order chi connectivity index (χ1) is 15.6. The zero-order valence-electron chi connectivity index (χ0n) is 17.4. The summed E-state index contributed by atoms with van der Waals surface area (Å²) in [5, 5.41) is 1.38. The van der Waals surface area contributed by atoms with Crippen LogP contribution < -0.4 is 15.0 Å². The highest BCUT2D eigenvalue weighted by atomic mass is 35.5. The van der Waals surface area contributed by atoms with Crippen molar-refractivity contribution in [3.63, 3.8) is 0 Å². The van der Waals surface area contributed by atoms with E-state index in [9.17, 15) is 9.59 Å². The van der Waals surface area contributed by atoms with Gasteiger partial charge in [-0.3, -0.25) is 9.59 Å². The van der Waals surface area contributed by atoms with Crippen molar-refractivity contribution in [3.8, 4) is 11.5 Å². The monoisotopic (exact) mass is 454 g/mol. The molecule has 3 heterocycles. The Balaban J connectivity index is 1.47. The first-order valence-corrected chi connectivity index (χ1v) is 11.1. The van der Waals surface area contributed by atoms with Gasteiger partial charge in [-0.2, -0.15) is 0 Å². The fourth-order valence-electron chi connectivity index (χ4n) is 4.14. The zero-order chi connectivity index (χ0) is 22.1. The molecule has 1 aromatic heterocycles. The van der Waals surface area contributed by atoms with Crippen molar-refractivity contribution in [1.82, 2.24) is 9.88 Å². The van der Waals surface area contributed by atoms with Crippen LogP contribution >= 0.6 is 11.6 Å². The fourth-order valence-corrected chi connectivity index (χ4v) is 4.27. The molecular weight excluding hydrogens is 432 g/mol. The molecule has 1 amide bonds. The third-order valence-electron chi connectivity index (χ3n) is 5.77. The van der Waals surface area contributed by atoms with Crippen molar-refractivity contribution < 1.29 is 19.0 Å². The van der Waals surface area contributed by atoms with Gasteiger partial charge in [0.15, 0.2) is 11.5 Å². The summed E-state index contributed by atoms with van der Waals surface area (Å²) < 4.78 is 17.0. The van der Waals surface area contributed by atoms with E-state index in [2.05, 4.69) is 4.98 Å². The number of halogens is 1. The van der Waals surface area contributed by atoms with E-state index in [0.717, 1.165) is 18.2 Å². The van der Waals surface area contributed by atoms with E-state index in [1.54, 1.807) is 35.2 Å². The van der Waals surface area contributed by atoms with Gasteiger partial charge in [-0.1, -0.05) is 11.6 Å². The Labute approximate surface area is 189 Å². The molecule has 8 heteroatoms. The van der Waals surface area contributed by atoms with Gasteiger partial charge in [0, 0.05) is 40.8 Å². The molecule has 5 rings (SSSR count). The molecule has 0 aliphatic carbocycles. The normalized spacial score (nSPS) is 17.5. The average molecular weight is 455 g/mol. The van der Waals surface area contributed by atoms with E-state index in [0.29, 0.717) is 59.5 Å². The number of carbonyl (C=O) groups is 1. The summed E-state index contributed by atoms with van der Waals surface area (Å²) in [7, 11) is 0. The summed E-state index contributed by atoms with van der Waals surface area (Å²) in [4.78, 5) is 30.7. The summed E-state index contributed by atoms with van der Waals surface area (Å²) in [5.41, 5.74) is 1.44. The number of hydrogen-bond acceptors (Lipinski definition) is 5. The number of pyridine rings is 1. The van der Waals surface area contributed by atoms with Crippen LogP contribution in [0.1, 0.15) is 28.8 Å². The Hall–Kier alpha value is -3.03. The number of amides is 1. The molecule has 0 saturated carbocycles. The highest BCUT2D eigenvalue weighted by Gasteiger charge is 2.25. The minimum atomic E-state index is -0.240. The lowest BCUT2D eigenvalue weighted by Crippen LogP contribution is -2.38. The largest absolute Gasteiger partial charge is 0.486 e. The van der Waals surface area contributed by atoms with Crippen molar-refractivity contribution in [2.75, 3.05) is 26.4 Å². The molecule has 166 valence electrons. The van der Waals surface area contributed by atoms with Gasteiger partial charge in [0.05, 0.1) is 18.2 Å². The minimum absolute atomic E-state index is 0.0386. The second-order valence-electron chi connectivity index (χ2n) is 8.03. The average Bonchev–Trinajstić information content (AvgIpc) is 3.31.